The molecule has 0 N–H and O–H groups in total. The lowest BCUT2D eigenvalue weighted by atomic mass is 9.82. The molecule has 7 aromatic carbocycles. The fraction of sp³-hybridized carbons (Fsp3) is 0.0638. The van der Waals surface area contributed by atoms with Gasteiger partial charge in [0.25, 0.3) is 0 Å². The van der Waals surface area contributed by atoms with Crippen LogP contribution in [0.25, 0.3) is 83.3 Å². The van der Waals surface area contributed by atoms with Crippen LogP contribution in [-0.2, 0) is 5.41 Å². The van der Waals surface area contributed by atoms with E-state index in [1.807, 2.05) is 0 Å². The highest BCUT2D eigenvalue weighted by molar-refractivity contribution is 6.12. The van der Waals surface area contributed by atoms with Crippen molar-refractivity contribution in [2.75, 3.05) is 0 Å². The summed E-state index contributed by atoms with van der Waals surface area (Å²) in [6, 6.07) is 58.8. The van der Waals surface area contributed by atoms with Crippen LogP contribution in [0, 0.1) is 0 Å². The minimum absolute atomic E-state index is 0.102. The molecule has 0 saturated carbocycles. The van der Waals surface area contributed by atoms with Gasteiger partial charge in [-0.3, -0.25) is 4.57 Å². The summed E-state index contributed by atoms with van der Waals surface area (Å²) in [5, 5.41) is 3.44. The van der Waals surface area contributed by atoms with Crippen LogP contribution in [-0.4, -0.2) is 14.5 Å². The van der Waals surface area contributed by atoms with Gasteiger partial charge in [-0.25, -0.2) is 9.97 Å². The first-order valence-electron chi connectivity index (χ1n) is 17.3. The summed E-state index contributed by atoms with van der Waals surface area (Å²) in [5.41, 5.74) is 15.1. The molecule has 2 aromatic heterocycles. The molecule has 9 aromatic rings. The van der Waals surface area contributed by atoms with Gasteiger partial charge in [-0.15, -0.1) is 0 Å². The molecule has 236 valence electrons. The summed E-state index contributed by atoms with van der Waals surface area (Å²) in [6.45, 7) is 4.69. The average Bonchev–Trinajstić information content (AvgIpc) is 3.61. The van der Waals surface area contributed by atoms with Crippen LogP contribution in [0.3, 0.4) is 0 Å². The molecule has 0 aliphatic heterocycles. The molecule has 3 heteroatoms. The predicted molar refractivity (Wildman–Crippen MR) is 208 cm³/mol. The number of benzene rings is 7. The summed E-state index contributed by atoms with van der Waals surface area (Å²) in [7, 11) is 0. The van der Waals surface area contributed by atoms with Crippen molar-refractivity contribution in [2.24, 2.45) is 0 Å². The molecule has 0 fully saturated rings. The fourth-order valence-electron chi connectivity index (χ4n) is 8.07. The molecule has 2 heterocycles. The van der Waals surface area contributed by atoms with E-state index in [0.717, 1.165) is 38.8 Å². The topological polar surface area (TPSA) is 30.7 Å². The van der Waals surface area contributed by atoms with Gasteiger partial charge in [0.2, 0.25) is 5.95 Å². The highest BCUT2D eigenvalue weighted by Gasteiger charge is 2.36. The Bertz CT molecular complexity index is 2760. The minimum Gasteiger partial charge on any atom is -0.278 e. The molecule has 0 amide bonds. The van der Waals surface area contributed by atoms with Crippen molar-refractivity contribution >= 4 is 32.7 Å². The molecule has 0 saturated heterocycles. The van der Waals surface area contributed by atoms with Gasteiger partial charge in [0.05, 0.1) is 22.2 Å². The lowest BCUT2D eigenvalue weighted by molar-refractivity contribution is 0.661. The second-order valence-electron chi connectivity index (χ2n) is 13.9. The Hall–Kier alpha value is -6.32. The Labute approximate surface area is 291 Å². The summed E-state index contributed by atoms with van der Waals surface area (Å²) in [4.78, 5) is 10.6. The van der Waals surface area contributed by atoms with E-state index in [-0.39, 0.29) is 5.41 Å². The Morgan fingerprint density at radius 1 is 0.420 bits per heavy atom. The quantitative estimate of drug-likeness (QED) is 0.192. The Morgan fingerprint density at radius 2 is 1.02 bits per heavy atom. The highest BCUT2D eigenvalue weighted by Crippen LogP contribution is 2.51. The van der Waals surface area contributed by atoms with Crippen LogP contribution in [0.2, 0.25) is 0 Å². The Kier molecular flexibility index (Phi) is 6.22. The van der Waals surface area contributed by atoms with Crippen LogP contribution in [0.4, 0.5) is 0 Å². The zero-order valence-corrected chi connectivity index (χ0v) is 27.9. The SMILES string of the molecule is CC1(C)c2ccccc2-c2cc3c(cc21)c1ccc(-c2ccc(-c4ccccc4)cc2)cc1n3-c1nc(-c2ccccc2)c2ccccc2n1. The van der Waals surface area contributed by atoms with Gasteiger partial charge >= 0.3 is 0 Å². The standard InChI is InChI=1S/C47H33N3/c1-47(2)40-19-11-9-17-35(40)38-29-44-39(28-41(38)47)36-26-25-34(32-23-21-31(22-24-32)30-13-5-3-6-14-30)27-43(36)50(44)46-48-42-20-12-10-18-37(42)45(49-46)33-15-7-4-8-16-33/h3-29H,1-2H3. The molecule has 0 radical (unpaired) electrons. The van der Waals surface area contributed by atoms with E-state index < -0.39 is 0 Å². The summed E-state index contributed by atoms with van der Waals surface area (Å²) >= 11 is 0. The van der Waals surface area contributed by atoms with Gasteiger partial charge in [-0.05, 0) is 68.8 Å². The largest absolute Gasteiger partial charge is 0.278 e. The van der Waals surface area contributed by atoms with Gasteiger partial charge in [0, 0.05) is 27.1 Å². The van der Waals surface area contributed by atoms with Gasteiger partial charge in [-0.1, -0.05) is 153 Å². The lowest BCUT2D eigenvalue weighted by Gasteiger charge is -2.21. The van der Waals surface area contributed by atoms with E-state index >= 15 is 0 Å². The normalized spacial score (nSPS) is 13.2. The van der Waals surface area contributed by atoms with Crippen molar-refractivity contribution in [2.45, 2.75) is 19.3 Å². The highest BCUT2D eigenvalue weighted by atomic mass is 15.2. The molecule has 1 aliphatic rings. The number of aromatic nitrogens is 3. The van der Waals surface area contributed by atoms with Crippen molar-refractivity contribution < 1.29 is 0 Å². The van der Waals surface area contributed by atoms with E-state index in [1.165, 1.54) is 49.7 Å². The van der Waals surface area contributed by atoms with Crippen LogP contribution < -0.4 is 0 Å². The maximum absolute atomic E-state index is 5.38. The summed E-state index contributed by atoms with van der Waals surface area (Å²) < 4.78 is 2.29. The first-order chi connectivity index (χ1) is 24.5. The van der Waals surface area contributed by atoms with E-state index in [2.05, 4.69) is 182 Å². The number of hydrogen-bond acceptors (Lipinski definition) is 2. The lowest BCUT2D eigenvalue weighted by Crippen LogP contribution is -2.14. The molecule has 1 aliphatic carbocycles. The van der Waals surface area contributed by atoms with E-state index in [1.54, 1.807) is 0 Å². The van der Waals surface area contributed by atoms with E-state index in [4.69, 9.17) is 9.97 Å². The van der Waals surface area contributed by atoms with Gasteiger partial charge < -0.3 is 0 Å². The van der Waals surface area contributed by atoms with Crippen molar-refractivity contribution in [3.8, 4) is 50.6 Å². The molecule has 0 unspecified atom stereocenters. The Balaban J connectivity index is 1.26. The zero-order chi connectivity index (χ0) is 33.4. The summed E-state index contributed by atoms with van der Waals surface area (Å²) in [5.74, 6) is 0.671. The molecule has 0 atom stereocenters. The number of nitrogens with zero attached hydrogens (tertiary/aromatic N) is 3. The molecular formula is C47H33N3. The summed E-state index contributed by atoms with van der Waals surface area (Å²) in [6.07, 6.45) is 0. The number of para-hydroxylation sites is 1. The van der Waals surface area contributed by atoms with Crippen LogP contribution in [0.15, 0.2) is 164 Å². The third-order valence-corrected chi connectivity index (χ3v) is 10.6. The first-order valence-corrected chi connectivity index (χ1v) is 17.3. The van der Waals surface area contributed by atoms with Crippen LogP contribution >= 0.6 is 0 Å². The second kappa shape index (κ2) is 10.8. The maximum atomic E-state index is 5.38. The van der Waals surface area contributed by atoms with Crippen molar-refractivity contribution in [3.05, 3.63) is 175 Å². The minimum atomic E-state index is -0.102. The first kappa shape index (κ1) is 28.7. The smallest absolute Gasteiger partial charge is 0.235 e. The molecule has 0 spiro atoms. The van der Waals surface area contributed by atoms with Crippen molar-refractivity contribution in [3.63, 3.8) is 0 Å². The van der Waals surface area contributed by atoms with Crippen LogP contribution in [0.1, 0.15) is 25.0 Å². The van der Waals surface area contributed by atoms with Crippen molar-refractivity contribution in [1.82, 2.24) is 14.5 Å². The van der Waals surface area contributed by atoms with Gasteiger partial charge in [0.15, 0.2) is 0 Å². The zero-order valence-electron chi connectivity index (χ0n) is 27.9. The molecule has 0 bridgehead atoms. The number of hydrogen-bond donors (Lipinski definition) is 0. The second-order valence-corrected chi connectivity index (χ2v) is 13.9. The van der Waals surface area contributed by atoms with Crippen molar-refractivity contribution in [1.29, 1.82) is 0 Å². The van der Waals surface area contributed by atoms with Gasteiger partial charge in [-0.2, -0.15) is 0 Å². The van der Waals surface area contributed by atoms with Crippen LogP contribution in [0.5, 0.6) is 0 Å². The Morgan fingerprint density at radius 3 is 1.80 bits per heavy atom. The molecule has 50 heavy (non-hydrogen) atoms. The third kappa shape index (κ3) is 4.30. The third-order valence-electron chi connectivity index (χ3n) is 10.6. The number of fused-ring (bicyclic) bond motifs is 7. The van der Waals surface area contributed by atoms with Gasteiger partial charge in [0.1, 0.15) is 0 Å². The van der Waals surface area contributed by atoms with E-state index in [9.17, 15) is 0 Å². The monoisotopic (exact) mass is 639 g/mol. The predicted octanol–water partition coefficient (Wildman–Crippen LogP) is 12.0. The van der Waals surface area contributed by atoms with E-state index in [0.29, 0.717) is 5.95 Å². The average molecular weight is 640 g/mol. The molecule has 10 rings (SSSR count). The maximum Gasteiger partial charge on any atom is 0.235 e. The number of rotatable bonds is 4. The molecule has 3 nitrogen and oxygen atoms in total. The molecular weight excluding hydrogens is 607 g/mol. The fourth-order valence-corrected chi connectivity index (χ4v) is 8.07.